The van der Waals surface area contributed by atoms with Crippen LogP contribution in [0.25, 0.3) is 11.7 Å². The van der Waals surface area contributed by atoms with Gasteiger partial charge in [0.15, 0.2) is 11.6 Å². The van der Waals surface area contributed by atoms with Crippen molar-refractivity contribution in [2.45, 2.75) is 6.42 Å². The molecular weight excluding hydrogens is 435 g/mol. The molecule has 0 saturated heterocycles. The first kappa shape index (κ1) is 22.4. The topological polar surface area (TPSA) is 96.5 Å². The number of carbonyl (C=O) groups is 1. The molecule has 7 nitrogen and oxygen atoms in total. The molecule has 1 N–H and O–H groups in total. The summed E-state index contributed by atoms with van der Waals surface area (Å²) in [5, 5.41) is 12.3. The van der Waals surface area contributed by atoms with Crippen molar-refractivity contribution in [1.82, 2.24) is 14.7 Å². The predicted molar refractivity (Wildman–Crippen MR) is 125 cm³/mol. The third-order valence-electron chi connectivity index (χ3n) is 4.97. The summed E-state index contributed by atoms with van der Waals surface area (Å²) in [4.78, 5) is 30.1. The van der Waals surface area contributed by atoms with Gasteiger partial charge in [-0.2, -0.15) is 10.2 Å². The molecular formula is C26H19FN4O3. The minimum atomic E-state index is -0.647. The maximum atomic E-state index is 14.2. The van der Waals surface area contributed by atoms with Crippen LogP contribution in [-0.4, -0.2) is 21.8 Å². The van der Waals surface area contributed by atoms with Gasteiger partial charge in [0.25, 0.3) is 11.5 Å². The van der Waals surface area contributed by atoms with E-state index in [4.69, 9.17) is 4.74 Å². The van der Waals surface area contributed by atoms with Crippen molar-refractivity contribution in [3.63, 3.8) is 0 Å². The van der Waals surface area contributed by atoms with Gasteiger partial charge in [-0.05, 0) is 42.3 Å². The molecule has 4 aromatic rings. The molecule has 0 bridgehead atoms. The standard InChI is InChI=1S/C26H19FN4O3/c27-21-10-4-5-11-22(21)34-25-20(26(33)31-15-7-6-12-23(31)30-25)16-19(17-28)24(32)29-14-13-18-8-2-1-3-9-18/h1-12,15-16H,13-14H2,(H,29,32)/b19-16+. The molecule has 8 heteroatoms. The summed E-state index contributed by atoms with van der Waals surface area (Å²) in [6, 6.07) is 22.0. The van der Waals surface area contributed by atoms with E-state index in [-0.39, 0.29) is 28.4 Å². The van der Waals surface area contributed by atoms with Gasteiger partial charge in [0.2, 0.25) is 5.88 Å². The molecule has 34 heavy (non-hydrogen) atoms. The maximum absolute atomic E-state index is 14.2. The van der Waals surface area contributed by atoms with Crippen molar-refractivity contribution in [3.8, 4) is 17.7 Å². The van der Waals surface area contributed by atoms with E-state index in [0.717, 1.165) is 11.6 Å². The number of aromatic nitrogens is 2. The number of rotatable bonds is 7. The maximum Gasteiger partial charge on any atom is 0.269 e. The van der Waals surface area contributed by atoms with Crippen molar-refractivity contribution in [3.05, 3.63) is 112 Å². The normalized spacial score (nSPS) is 11.1. The number of nitrogens with zero attached hydrogens (tertiary/aromatic N) is 3. The second kappa shape index (κ2) is 10.2. The Labute approximate surface area is 194 Å². The molecule has 0 fully saturated rings. The molecule has 0 aliphatic rings. The number of benzene rings is 2. The Bertz CT molecular complexity index is 1470. The molecule has 0 saturated carbocycles. The first-order valence-corrected chi connectivity index (χ1v) is 10.4. The monoisotopic (exact) mass is 454 g/mol. The van der Waals surface area contributed by atoms with Crippen molar-refractivity contribution in [1.29, 1.82) is 5.26 Å². The van der Waals surface area contributed by atoms with Gasteiger partial charge in [-0.3, -0.25) is 14.0 Å². The molecule has 0 atom stereocenters. The van der Waals surface area contributed by atoms with Crippen LogP contribution in [0.5, 0.6) is 11.6 Å². The summed E-state index contributed by atoms with van der Waals surface area (Å²) in [5.74, 6) is -1.65. The van der Waals surface area contributed by atoms with E-state index in [2.05, 4.69) is 10.3 Å². The number of hydrogen-bond acceptors (Lipinski definition) is 5. The molecule has 4 rings (SSSR count). The van der Waals surface area contributed by atoms with Gasteiger partial charge in [0.05, 0.1) is 0 Å². The minimum Gasteiger partial charge on any atom is -0.435 e. The third-order valence-corrected chi connectivity index (χ3v) is 4.97. The zero-order valence-electron chi connectivity index (χ0n) is 17.9. The zero-order chi connectivity index (χ0) is 23.9. The minimum absolute atomic E-state index is 0.143. The molecule has 0 unspecified atom stereocenters. The fraction of sp³-hybridized carbons (Fsp3) is 0.0769. The number of carbonyl (C=O) groups excluding carboxylic acids is 1. The lowest BCUT2D eigenvalue weighted by Gasteiger charge is -2.11. The molecule has 2 aromatic carbocycles. The van der Waals surface area contributed by atoms with E-state index < -0.39 is 17.3 Å². The van der Waals surface area contributed by atoms with Gasteiger partial charge in [-0.1, -0.05) is 48.5 Å². The highest BCUT2D eigenvalue weighted by Crippen LogP contribution is 2.26. The number of para-hydroxylation sites is 1. The Morgan fingerprint density at radius 1 is 1.09 bits per heavy atom. The summed E-state index contributed by atoms with van der Waals surface area (Å²) >= 11 is 0. The van der Waals surface area contributed by atoms with Crippen LogP contribution in [-0.2, 0) is 11.2 Å². The summed E-state index contributed by atoms with van der Waals surface area (Å²) in [6.07, 6.45) is 3.19. The van der Waals surface area contributed by atoms with Crippen LogP contribution in [0.15, 0.2) is 89.4 Å². The quantitative estimate of drug-likeness (QED) is 0.338. The number of pyridine rings is 1. The largest absolute Gasteiger partial charge is 0.435 e. The highest BCUT2D eigenvalue weighted by molar-refractivity contribution is 6.01. The van der Waals surface area contributed by atoms with Gasteiger partial charge >= 0.3 is 0 Å². The van der Waals surface area contributed by atoms with Gasteiger partial charge in [-0.15, -0.1) is 0 Å². The van der Waals surface area contributed by atoms with E-state index in [0.29, 0.717) is 13.0 Å². The van der Waals surface area contributed by atoms with Gasteiger partial charge in [0, 0.05) is 12.7 Å². The lowest BCUT2D eigenvalue weighted by Crippen LogP contribution is -2.27. The van der Waals surface area contributed by atoms with Crippen LogP contribution >= 0.6 is 0 Å². The summed E-state index contributed by atoms with van der Waals surface area (Å²) in [6.45, 7) is 0.301. The lowest BCUT2D eigenvalue weighted by molar-refractivity contribution is -0.117. The van der Waals surface area contributed by atoms with E-state index in [1.807, 2.05) is 36.4 Å². The zero-order valence-corrected chi connectivity index (χ0v) is 17.9. The predicted octanol–water partition coefficient (Wildman–Crippen LogP) is 3.89. The Kier molecular flexibility index (Phi) is 6.75. The highest BCUT2D eigenvalue weighted by Gasteiger charge is 2.18. The van der Waals surface area contributed by atoms with E-state index in [9.17, 15) is 19.2 Å². The Morgan fingerprint density at radius 3 is 2.59 bits per heavy atom. The third kappa shape index (κ3) is 5.00. The molecule has 0 spiro atoms. The fourth-order valence-corrected chi connectivity index (χ4v) is 3.27. The molecule has 1 amide bonds. The number of amides is 1. The first-order valence-electron chi connectivity index (χ1n) is 10.4. The molecule has 2 aromatic heterocycles. The molecule has 0 radical (unpaired) electrons. The lowest BCUT2D eigenvalue weighted by atomic mass is 10.1. The second-order valence-corrected chi connectivity index (χ2v) is 7.26. The number of nitrogens with one attached hydrogen (secondary N) is 1. The summed E-state index contributed by atoms with van der Waals surface area (Å²) in [5.41, 5.74) is 0.273. The van der Waals surface area contributed by atoms with Gasteiger partial charge < -0.3 is 10.1 Å². The number of halogens is 1. The van der Waals surface area contributed by atoms with Crippen molar-refractivity contribution >= 4 is 17.6 Å². The number of ether oxygens (including phenoxy) is 1. The van der Waals surface area contributed by atoms with Crippen LogP contribution in [0.3, 0.4) is 0 Å². The van der Waals surface area contributed by atoms with Crippen molar-refractivity contribution in [2.24, 2.45) is 0 Å². The van der Waals surface area contributed by atoms with Crippen molar-refractivity contribution < 1.29 is 13.9 Å². The van der Waals surface area contributed by atoms with Crippen molar-refractivity contribution in [2.75, 3.05) is 6.54 Å². The summed E-state index contributed by atoms with van der Waals surface area (Å²) < 4.78 is 21.1. The Balaban J connectivity index is 1.68. The van der Waals surface area contributed by atoms with Crippen LogP contribution in [0, 0.1) is 17.1 Å². The average molecular weight is 454 g/mol. The van der Waals surface area contributed by atoms with Gasteiger partial charge in [0.1, 0.15) is 22.9 Å². The van der Waals surface area contributed by atoms with E-state index in [1.54, 1.807) is 24.3 Å². The first-order chi connectivity index (χ1) is 16.6. The molecule has 0 aliphatic heterocycles. The van der Waals surface area contributed by atoms with Crippen LogP contribution in [0.1, 0.15) is 11.1 Å². The van der Waals surface area contributed by atoms with Gasteiger partial charge in [-0.25, -0.2) is 4.39 Å². The van der Waals surface area contributed by atoms with E-state index in [1.165, 1.54) is 28.8 Å². The SMILES string of the molecule is N#C/C(=C\c1c(Oc2ccccc2F)nc2ccccn2c1=O)C(=O)NCCc1ccccc1. The summed E-state index contributed by atoms with van der Waals surface area (Å²) in [7, 11) is 0. The fourth-order valence-electron chi connectivity index (χ4n) is 3.27. The number of fused-ring (bicyclic) bond motifs is 1. The second-order valence-electron chi connectivity index (χ2n) is 7.26. The number of nitriles is 1. The Morgan fingerprint density at radius 2 is 1.82 bits per heavy atom. The van der Waals surface area contributed by atoms with Crippen LogP contribution in [0.2, 0.25) is 0 Å². The van der Waals surface area contributed by atoms with Crippen LogP contribution < -0.4 is 15.6 Å². The molecule has 0 aliphatic carbocycles. The number of hydrogen-bond donors (Lipinski definition) is 1. The molecule has 168 valence electrons. The molecule has 2 heterocycles. The average Bonchev–Trinajstić information content (AvgIpc) is 2.86. The highest BCUT2D eigenvalue weighted by atomic mass is 19.1. The smallest absolute Gasteiger partial charge is 0.269 e. The van der Waals surface area contributed by atoms with Crippen LogP contribution in [0.4, 0.5) is 4.39 Å². The van der Waals surface area contributed by atoms with E-state index >= 15 is 0 Å². The Hall–Kier alpha value is -4.77.